The second kappa shape index (κ2) is 5.06. The van der Waals surface area contributed by atoms with E-state index in [0.29, 0.717) is 10.7 Å². The number of aryl methyl sites for hydroxylation is 1. The van der Waals surface area contributed by atoms with Gasteiger partial charge in [0.2, 0.25) is 0 Å². The third-order valence-electron chi connectivity index (χ3n) is 2.99. The van der Waals surface area contributed by atoms with Gasteiger partial charge in [0, 0.05) is 13.7 Å². The van der Waals surface area contributed by atoms with Gasteiger partial charge in [0.25, 0.3) is 5.91 Å². The summed E-state index contributed by atoms with van der Waals surface area (Å²) in [7, 11) is 1.69. The van der Waals surface area contributed by atoms with E-state index in [1.54, 1.807) is 7.05 Å². The van der Waals surface area contributed by atoms with Crippen molar-refractivity contribution in [1.82, 2.24) is 15.1 Å². The molecular weight excluding hydrogens is 242 g/mol. The molecule has 0 bridgehead atoms. The summed E-state index contributed by atoms with van der Waals surface area (Å²) in [6.45, 7) is 2.72. The Labute approximate surface area is 105 Å². The number of halogens is 1. The molecule has 0 aromatic carbocycles. The predicted octanol–water partition coefficient (Wildman–Crippen LogP) is 1.37. The fourth-order valence-electron chi connectivity index (χ4n) is 2.03. The van der Waals surface area contributed by atoms with Gasteiger partial charge in [-0.05, 0) is 19.8 Å². The molecule has 0 aliphatic carbocycles. The Morgan fingerprint density at radius 2 is 2.53 bits per heavy atom. The fourth-order valence-corrected chi connectivity index (χ4v) is 2.28. The van der Waals surface area contributed by atoms with Crippen molar-refractivity contribution >= 4 is 17.5 Å². The lowest BCUT2D eigenvalue weighted by Crippen LogP contribution is -2.41. The molecule has 2 atom stereocenters. The van der Waals surface area contributed by atoms with E-state index in [2.05, 4.69) is 10.4 Å². The molecule has 2 rings (SSSR count). The van der Waals surface area contributed by atoms with Gasteiger partial charge in [-0.3, -0.25) is 9.48 Å². The Balaban J connectivity index is 2.01. The lowest BCUT2D eigenvalue weighted by Gasteiger charge is -2.19. The van der Waals surface area contributed by atoms with E-state index in [1.165, 1.54) is 10.9 Å². The van der Waals surface area contributed by atoms with Gasteiger partial charge in [-0.2, -0.15) is 5.10 Å². The molecule has 0 unspecified atom stereocenters. The molecule has 1 amide bonds. The molecule has 1 aromatic heterocycles. The quantitative estimate of drug-likeness (QED) is 0.890. The van der Waals surface area contributed by atoms with E-state index in [4.69, 9.17) is 16.3 Å². The molecule has 0 radical (unpaired) electrons. The minimum Gasteiger partial charge on any atom is -0.376 e. The van der Waals surface area contributed by atoms with Crippen molar-refractivity contribution < 1.29 is 9.53 Å². The van der Waals surface area contributed by atoms with Crippen molar-refractivity contribution in [3.63, 3.8) is 0 Å². The molecule has 6 heteroatoms. The average Bonchev–Trinajstić information content (AvgIpc) is 2.88. The number of hydrogen-bond acceptors (Lipinski definition) is 3. The van der Waals surface area contributed by atoms with Crippen LogP contribution in [0, 0.1) is 0 Å². The number of aromatic nitrogens is 2. The van der Waals surface area contributed by atoms with Crippen LogP contribution in [0.3, 0.4) is 0 Å². The van der Waals surface area contributed by atoms with Gasteiger partial charge in [0.05, 0.1) is 23.4 Å². The Morgan fingerprint density at radius 3 is 3.06 bits per heavy atom. The lowest BCUT2D eigenvalue weighted by atomic mass is 10.1. The second-order valence-electron chi connectivity index (χ2n) is 4.28. The zero-order valence-electron chi connectivity index (χ0n) is 9.94. The Kier molecular flexibility index (Phi) is 3.69. The molecule has 1 aliphatic heterocycles. The van der Waals surface area contributed by atoms with Crippen molar-refractivity contribution in [2.75, 3.05) is 6.61 Å². The van der Waals surface area contributed by atoms with Crippen LogP contribution in [0.2, 0.25) is 5.02 Å². The van der Waals surface area contributed by atoms with Gasteiger partial charge in [-0.15, -0.1) is 0 Å². The normalized spacial score (nSPS) is 21.5. The third kappa shape index (κ3) is 2.61. The summed E-state index contributed by atoms with van der Waals surface area (Å²) in [6, 6.07) is -0.0176. The minimum atomic E-state index is -0.210. The summed E-state index contributed by atoms with van der Waals surface area (Å²) in [5.74, 6) is -0.210. The number of ether oxygens (including phenoxy) is 1. The van der Waals surface area contributed by atoms with Gasteiger partial charge in [-0.1, -0.05) is 11.6 Å². The molecular formula is C11H16ClN3O2. The van der Waals surface area contributed by atoms with Gasteiger partial charge >= 0.3 is 0 Å². The van der Waals surface area contributed by atoms with Crippen LogP contribution in [0.25, 0.3) is 0 Å². The lowest BCUT2D eigenvalue weighted by molar-refractivity contribution is 0.0707. The molecule has 1 N–H and O–H groups in total. The molecule has 0 spiro atoms. The third-order valence-corrected chi connectivity index (χ3v) is 3.27. The maximum absolute atomic E-state index is 12.0. The van der Waals surface area contributed by atoms with E-state index in [1.807, 2.05) is 6.92 Å². The van der Waals surface area contributed by atoms with Crippen molar-refractivity contribution in [2.45, 2.75) is 31.9 Å². The molecule has 5 nitrogen and oxygen atoms in total. The number of carbonyl (C=O) groups is 1. The van der Waals surface area contributed by atoms with Crippen LogP contribution >= 0.6 is 11.6 Å². The highest BCUT2D eigenvalue weighted by atomic mass is 35.5. The minimum absolute atomic E-state index is 0.0176. The molecule has 1 aromatic rings. The van der Waals surface area contributed by atoms with E-state index in [9.17, 15) is 4.79 Å². The SMILES string of the molecule is C[C@H](NC(=O)c1c(Cl)cnn1C)[C@@H]1CCCO1. The van der Waals surface area contributed by atoms with Crippen molar-refractivity contribution in [3.05, 3.63) is 16.9 Å². The van der Waals surface area contributed by atoms with Crippen LogP contribution in [0.5, 0.6) is 0 Å². The zero-order chi connectivity index (χ0) is 12.4. The summed E-state index contributed by atoms with van der Waals surface area (Å²) in [4.78, 5) is 12.0. The van der Waals surface area contributed by atoms with Crippen molar-refractivity contribution in [2.24, 2.45) is 7.05 Å². The van der Waals surface area contributed by atoms with E-state index in [0.717, 1.165) is 19.4 Å². The maximum atomic E-state index is 12.0. The molecule has 94 valence electrons. The highest BCUT2D eigenvalue weighted by molar-refractivity contribution is 6.33. The summed E-state index contributed by atoms with van der Waals surface area (Å²) in [5, 5.41) is 7.20. The van der Waals surface area contributed by atoms with E-state index in [-0.39, 0.29) is 18.1 Å². The standard InChI is InChI=1S/C11H16ClN3O2/c1-7(9-4-3-5-17-9)14-11(16)10-8(12)6-13-15(10)2/h6-7,9H,3-5H2,1-2H3,(H,14,16)/t7-,9-/m0/s1. The van der Waals surface area contributed by atoms with Gasteiger partial charge < -0.3 is 10.1 Å². The smallest absolute Gasteiger partial charge is 0.271 e. The molecule has 17 heavy (non-hydrogen) atoms. The number of rotatable bonds is 3. The van der Waals surface area contributed by atoms with E-state index < -0.39 is 0 Å². The van der Waals surface area contributed by atoms with Crippen molar-refractivity contribution in [3.8, 4) is 0 Å². The van der Waals surface area contributed by atoms with Gasteiger partial charge in [0.1, 0.15) is 5.69 Å². The van der Waals surface area contributed by atoms with Crippen LogP contribution in [0.15, 0.2) is 6.20 Å². The van der Waals surface area contributed by atoms with Crippen LogP contribution < -0.4 is 5.32 Å². The zero-order valence-corrected chi connectivity index (χ0v) is 10.7. The Bertz CT molecular complexity index is 393. The molecule has 2 heterocycles. The number of nitrogens with zero attached hydrogens (tertiary/aromatic N) is 2. The summed E-state index contributed by atoms with van der Waals surface area (Å²) in [6.07, 6.45) is 3.61. The first kappa shape index (κ1) is 12.4. The van der Waals surface area contributed by atoms with Crippen LogP contribution in [-0.2, 0) is 11.8 Å². The molecule has 0 saturated carbocycles. The topological polar surface area (TPSA) is 56.2 Å². The molecule has 1 fully saturated rings. The largest absolute Gasteiger partial charge is 0.376 e. The van der Waals surface area contributed by atoms with Crippen LogP contribution in [0.4, 0.5) is 0 Å². The molecule has 1 aliphatic rings. The fraction of sp³-hybridized carbons (Fsp3) is 0.636. The number of amides is 1. The summed E-state index contributed by atoms with van der Waals surface area (Å²) < 4.78 is 7.00. The van der Waals surface area contributed by atoms with Gasteiger partial charge in [0.15, 0.2) is 0 Å². The summed E-state index contributed by atoms with van der Waals surface area (Å²) in [5.41, 5.74) is 0.386. The van der Waals surface area contributed by atoms with Gasteiger partial charge in [-0.25, -0.2) is 0 Å². The second-order valence-corrected chi connectivity index (χ2v) is 4.69. The first-order chi connectivity index (χ1) is 8.09. The first-order valence-corrected chi connectivity index (χ1v) is 6.07. The maximum Gasteiger partial charge on any atom is 0.271 e. The van der Waals surface area contributed by atoms with Crippen LogP contribution in [0.1, 0.15) is 30.3 Å². The highest BCUT2D eigenvalue weighted by Crippen LogP contribution is 2.17. The average molecular weight is 258 g/mol. The Hall–Kier alpha value is -1.07. The number of hydrogen-bond donors (Lipinski definition) is 1. The first-order valence-electron chi connectivity index (χ1n) is 5.69. The van der Waals surface area contributed by atoms with E-state index >= 15 is 0 Å². The number of nitrogens with one attached hydrogen (secondary N) is 1. The van der Waals surface area contributed by atoms with Crippen LogP contribution in [-0.4, -0.2) is 34.4 Å². The Morgan fingerprint density at radius 1 is 1.76 bits per heavy atom. The van der Waals surface area contributed by atoms with Crippen molar-refractivity contribution in [1.29, 1.82) is 0 Å². The highest BCUT2D eigenvalue weighted by Gasteiger charge is 2.25. The molecule has 1 saturated heterocycles. The predicted molar refractivity (Wildman–Crippen MR) is 64.1 cm³/mol. The number of carbonyl (C=O) groups excluding carboxylic acids is 1. The summed E-state index contributed by atoms with van der Waals surface area (Å²) >= 11 is 5.91. The monoisotopic (exact) mass is 257 g/mol.